The summed E-state index contributed by atoms with van der Waals surface area (Å²) in [7, 11) is 2.96. The minimum Gasteiger partial charge on any atom is -0.495 e. The molecule has 84 valence electrons. The van der Waals surface area contributed by atoms with Crippen LogP contribution in [-0.2, 0) is 0 Å². The van der Waals surface area contributed by atoms with E-state index in [-0.39, 0.29) is 13.0 Å². The van der Waals surface area contributed by atoms with E-state index in [9.17, 15) is 4.39 Å². The molecule has 1 unspecified atom stereocenters. The number of nitrogens with zero attached hydrogens (tertiary/aromatic N) is 1. The fourth-order valence-corrected chi connectivity index (χ4v) is 1.27. The number of hydrogen-bond donors (Lipinski definition) is 1. The molecule has 4 nitrogen and oxygen atoms in total. The van der Waals surface area contributed by atoms with Crippen LogP contribution in [-0.4, -0.2) is 25.7 Å². The molecule has 0 fully saturated rings. The van der Waals surface area contributed by atoms with Gasteiger partial charge in [-0.3, -0.25) is 0 Å². The van der Waals surface area contributed by atoms with Crippen LogP contribution < -0.4 is 15.2 Å². The van der Waals surface area contributed by atoms with Crippen LogP contribution in [0.4, 0.5) is 4.39 Å². The summed E-state index contributed by atoms with van der Waals surface area (Å²) in [5.74, 6) is 0.780. The van der Waals surface area contributed by atoms with Gasteiger partial charge in [-0.15, -0.1) is 0 Å². The highest BCUT2D eigenvalue weighted by molar-refractivity contribution is 5.36. The van der Waals surface area contributed by atoms with Crippen LogP contribution in [0.1, 0.15) is 18.2 Å². The Labute approximate surface area is 88.2 Å². The van der Waals surface area contributed by atoms with E-state index in [2.05, 4.69) is 4.98 Å². The fraction of sp³-hybridized carbons (Fsp3) is 0.500. The van der Waals surface area contributed by atoms with Crippen LogP contribution in [0.15, 0.2) is 12.3 Å². The summed E-state index contributed by atoms with van der Waals surface area (Å²) in [6.07, 6.45) is 0.544. The van der Waals surface area contributed by atoms with Gasteiger partial charge in [-0.25, -0.2) is 9.37 Å². The molecule has 0 amide bonds. The summed E-state index contributed by atoms with van der Waals surface area (Å²) in [5.41, 5.74) is 5.73. The van der Waals surface area contributed by atoms with Crippen molar-refractivity contribution in [2.75, 3.05) is 20.8 Å². The zero-order valence-corrected chi connectivity index (χ0v) is 8.87. The molecule has 0 spiro atoms. The van der Waals surface area contributed by atoms with Gasteiger partial charge >= 0.3 is 0 Å². The number of alkyl halides is 1. The number of rotatable bonds is 5. The Kier molecular flexibility index (Phi) is 4.30. The molecule has 1 heterocycles. The van der Waals surface area contributed by atoms with E-state index in [4.69, 9.17) is 15.2 Å². The standard InChI is InChI=1S/C10H15FN2O2/c1-14-9-6-13-10(15-2)5-7(9)8(11)3-4-12/h5-6,8H,3-4,12H2,1-2H3. The van der Waals surface area contributed by atoms with Crippen molar-refractivity contribution in [2.45, 2.75) is 12.6 Å². The third-order valence-electron chi connectivity index (χ3n) is 2.06. The van der Waals surface area contributed by atoms with Gasteiger partial charge in [0.25, 0.3) is 0 Å². The van der Waals surface area contributed by atoms with Crippen LogP contribution in [0.25, 0.3) is 0 Å². The molecule has 0 aliphatic rings. The molecule has 0 aromatic carbocycles. The fourth-order valence-electron chi connectivity index (χ4n) is 1.27. The lowest BCUT2D eigenvalue weighted by Crippen LogP contribution is -2.05. The highest BCUT2D eigenvalue weighted by Crippen LogP contribution is 2.31. The molecule has 1 rings (SSSR count). The lowest BCUT2D eigenvalue weighted by molar-refractivity contribution is 0.307. The number of nitrogens with two attached hydrogens (primary N) is 1. The molecule has 0 saturated carbocycles. The monoisotopic (exact) mass is 214 g/mol. The molecular weight excluding hydrogens is 199 g/mol. The Hall–Kier alpha value is -1.36. The van der Waals surface area contributed by atoms with Gasteiger partial charge < -0.3 is 15.2 Å². The first-order chi connectivity index (χ1) is 7.22. The smallest absolute Gasteiger partial charge is 0.213 e. The Morgan fingerprint density at radius 3 is 2.73 bits per heavy atom. The molecule has 1 aromatic heterocycles. The lowest BCUT2D eigenvalue weighted by Gasteiger charge is -2.12. The minimum absolute atomic E-state index is 0.253. The maximum absolute atomic E-state index is 13.7. The first-order valence-corrected chi connectivity index (χ1v) is 4.65. The first kappa shape index (κ1) is 11.7. The zero-order chi connectivity index (χ0) is 11.3. The summed E-state index contributed by atoms with van der Waals surface area (Å²) in [4.78, 5) is 3.93. The molecule has 1 aromatic rings. The van der Waals surface area contributed by atoms with Crippen LogP contribution >= 0.6 is 0 Å². The molecule has 1 atom stereocenters. The van der Waals surface area contributed by atoms with E-state index in [1.807, 2.05) is 0 Å². The van der Waals surface area contributed by atoms with E-state index in [1.165, 1.54) is 26.5 Å². The average Bonchev–Trinajstić information content (AvgIpc) is 2.28. The van der Waals surface area contributed by atoms with Gasteiger partial charge in [-0.1, -0.05) is 0 Å². The molecular formula is C10H15FN2O2. The van der Waals surface area contributed by atoms with Crippen LogP contribution in [0.3, 0.4) is 0 Å². The summed E-state index contributed by atoms with van der Waals surface area (Å²) in [5, 5.41) is 0. The van der Waals surface area contributed by atoms with Crippen LogP contribution in [0, 0.1) is 0 Å². The number of pyridine rings is 1. The number of methoxy groups -OCH3 is 2. The second kappa shape index (κ2) is 5.50. The first-order valence-electron chi connectivity index (χ1n) is 4.65. The maximum Gasteiger partial charge on any atom is 0.213 e. The molecule has 2 N–H and O–H groups in total. The van der Waals surface area contributed by atoms with E-state index in [0.717, 1.165) is 0 Å². The molecule has 5 heteroatoms. The Morgan fingerprint density at radius 1 is 1.47 bits per heavy atom. The topological polar surface area (TPSA) is 57.4 Å². The minimum atomic E-state index is -1.15. The van der Waals surface area contributed by atoms with Gasteiger partial charge in [0.2, 0.25) is 5.88 Å². The van der Waals surface area contributed by atoms with Crippen molar-refractivity contribution in [3.05, 3.63) is 17.8 Å². The van der Waals surface area contributed by atoms with Crippen molar-refractivity contribution in [3.63, 3.8) is 0 Å². The zero-order valence-electron chi connectivity index (χ0n) is 8.87. The van der Waals surface area contributed by atoms with Crippen molar-refractivity contribution in [1.82, 2.24) is 4.98 Å². The van der Waals surface area contributed by atoms with Crippen molar-refractivity contribution >= 4 is 0 Å². The molecule has 0 bridgehead atoms. The average molecular weight is 214 g/mol. The summed E-state index contributed by atoms with van der Waals surface area (Å²) in [6.45, 7) is 0.287. The largest absolute Gasteiger partial charge is 0.495 e. The summed E-state index contributed by atoms with van der Waals surface area (Å²) < 4.78 is 23.6. The van der Waals surface area contributed by atoms with Crippen molar-refractivity contribution < 1.29 is 13.9 Å². The van der Waals surface area contributed by atoms with Crippen molar-refractivity contribution in [3.8, 4) is 11.6 Å². The maximum atomic E-state index is 13.7. The molecule has 0 radical (unpaired) electrons. The highest BCUT2D eigenvalue weighted by Gasteiger charge is 2.16. The number of aromatic nitrogens is 1. The van der Waals surface area contributed by atoms with Crippen molar-refractivity contribution in [2.24, 2.45) is 5.73 Å². The van der Waals surface area contributed by atoms with Gasteiger partial charge in [-0.2, -0.15) is 0 Å². The number of ether oxygens (including phenoxy) is 2. The molecule has 0 aliphatic carbocycles. The van der Waals surface area contributed by atoms with Crippen LogP contribution in [0.5, 0.6) is 11.6 Å². The second-order valence-corrected chi connectivity index (χ2v) is 3.01. The van der Waals surface area contributed by atoms with Gasteiger partial charge in [0.05, 0.1) is 20.4 Å². The SMILES string of the molecule is COc1cc(C(F)CCN)c(OC)cn1. The molecule has 0 aliphatic heterocycles. The van der Waals surface area contributed by atoms with E-state index >= 15 is 0 Å². The lowest BCUT2D eigenvalue weighted by atomic mass is 10.1. The molecule has 15 heavy (non-hydrogen) atoms. The normalized spacial score (nSPS) is 12.3. The van der Waals surface area contributed by atoms with Gasteiger partial charge in [0.15, 0.2) is 0 Å². The van der Waals surface area contributed by atoms with Gasteiger partial charge in [0, 0.05) is 11.6 Å². The van der Waals surface area contributed by atoms with E-state index in [0.29, 0.717) is 17.2 Å². The van der Waals surface area contributed by atoms with Crippen molar-refractivity contribution in [1.29, 1.82) is 0 Å². The van der Waals surface area contributed by atoms with Gasteiger partial charge in [-0.05, 0) is 13.0 Å². The van der Waals surface area contributed by atoms with Gasteiger partial charge in [0.1, 0.15) is 11.9 Å². The quantitative estimate of drug-likeness (QED) is 0.806. The predicted octanol–water partition coefficient (Wildman–Crippen LogP) is 1.46. The highest BCUT2D eigenvalue weighted by atomic mass is 19.1. The predicted molar refractivity (Wildman–Crippen MR) is 54.9 cm³/mol. The van der Waals surface area contributed by atoms with E-state index < -0.39 is 6.17 Å². The third kappa shape index (κ3) is 2.79. The third-order valence-corrected chi connectivity index (χ3v) is 2.06. The van der Waals surface area contributed by atoms with E-state index in [1.54, 1.807) is 0 Å². The molecule has 0 saturated heterocycles. The summed E-state index contributed by atoms with van der Waals surface area (Å²) >= 11 is 0. The Morgan fingerprint density at radius 2 is 2.20 bits per heavy atom. The Balaban J connectivity index is 3.00. The number of halogens is 1. The number of hydrogen-bond acceptors (Lipinski definition) is 4. The summed E-state index contributed by atoms with van der Waals surface area (Å²) in [6, 6.07) is 1.53. The Bertz CT molecular complexity index is 320. The van der Waals surface area contributed by atoms with Crippen LogP contribution in [0.2, 0.25) is 0 Å². The second-order valence-electron chi connectivity index (χ2n) is 3.01.